The number of hydrogen-bond acceptors (Lipinski definition) is 3. The number of sulfonamides is 1. The van der Waals surface area contributed by atoms with Gasteiger partial charge in [-0.05, 0) is 12.5 Å². The summed E-state index contributed by atoms with van der Waals surface area (Å²) < 4.78 is 63.2. The first kappa shape index (κ1) is 16.5. The molecule has 0 radical (unpaired) electrons. The zero-order valence-corrected chi connectivity index (χ0v) is 12.4. The highest BCUT2D eigenvalue weighted by molar-refractivity contribution is 7.88. The van der Waals surface area contributed by atoms with Crippen LogP contribution in [0, 0.1) is 6.92 Å². The number of rotatable bonds is 5. The molecular formula is C13H14F3N3O2S. The Hall–Kier alpha value is -1.87. The number of alkyl halides is 3. The summed E-state index contributed by atoms with van der Waals surface area (Å²) in [7, 11) is -3.67. The smallest absolute Gasteiger partial charge is 0.337 e. The highest BCUT2D eigenvalue weighted by atomic mass is 32.2. The van der Waals surface area contributed by atoms with E-state index >= 15 is 0 Å². The third-order valence-corrected chi connectivity index (χ3v) is 4.13. The molecule has 0 fully saturated rings. The molecule has 1 aromatic carbocycles. The van der Waals surface area contributed by atoms with Gasteiger partial charge in [-0.2, -0.15) is 13.2 Å². The van der Waals surface area contributed by atoms with Crippen LogP contribution < -0.4 is 4.72 Å². The second kappa shape index (κ2) is 6.09. The molecule has 0 spiro atoms. The van der Waals surface area contributed by atoms with Crippen LogP contribution in [-0.4, -0.2) is 18.4 Å². The lowest BCUT2D eigenvalue weighted by Gasteiger charge is -2.06. The minimum atomic E-state index is -4.54. The van der Waals surface area contributed by atoms with Crippen LogP contribution in [0.1, 0.15) is 22.6 Å². The molecule has 0 aliphatic heterocycles. The predicted octanol–water partition coefficient (Wildman–Crippen LogP) is 2.36. The molecule has 1 aromatic heterocycles. The van der Waals surface area contributed by atoms with E-state index in [9.17, 15) is 21.6 Å². The number of nitrogens with one attached hydrogen (secondary N) is 2. The highest BCUT2D eigenvalue weighted by Gasteiger charge is 2.32. The fourth-order valence-corrected chi connectivity index (χ4v) is 2.92. The maximum Gasteiger partial charge on any atom is 0.432 e. The van der Waals surface area contributed by atoms with Gasteiger partial charge < -0.3 is 4.98 Å². The lowest BCUT2D eigenvalue weighted by atomic mass is 10.2. The summed E-state index contributed by atoms with van der Waals surface area (Å²) in [6.07, 6.45) is -3.91. The van der Waals surface area contributed by atoms with Crippen LogP contribution in [0.15, 0.2) is 30.5 Å². The van der Waals surface area contributed by atoms with Crippen LogP contribution in [-0.2, 0) is 28.5 Å². The largest absolute Gasteiger partial charge is 0.432 e. The van der Waals surface area contributed by atoms with Crippen LogP contribution in [0.4, 0.5) is 13.2 Å². The van der Waals surface area contributed by atoms with Crippen molar-refractivity contribution < 1.29 is 21.6 Å². The number of benzene rings is 1. The number of aromatic amines is 1. The molecule has 22 heavy (non-hydrogen) atoms. The van der Waals surface area contributed by atoms with Crippen LogP contribution >= 0.6 is 0 Å². The fourth-order valence-electron chi connectivity index (χ4n) is 1.85. The molecule has 1 heterocycles. The average Bonchev–Trinajstić information content (AvgIpc) is 2.84. The number of halogens is 3. The van der Waals surface area contributed by atoms with Gasteiger partial charge in [-0.15, -0.1) is 0 Å². The second-order valence-corrected chi connectivity index (χ2v) is 6.62. The summed E-state index contributed by atoms with van der Waals surface area (Å²) in [6.45, 7) is 1.51. The number of aryl methyl sites for hydroxylation is 1. The molecule has 0 amide bonds. The maximum atomic E-state index is 12.4. The summed E-state index contributed by atoms with van der Waals surface area (Å²) in [5.74, 6) is -0.346. The first-order valence-corrected chi connectivity index (χ1v) is 7.95. The lowest BCUT2D eigenvalue weighted by Crippen LogP contribution is -2.25. The summed E-state index contributed by atoms with van der Waals surface area (Å²) in [6, 6.07) is 6.97. The minimum absolute atomic E-state index is 0.0971. The van der Waals surface area contributed by atoms with Crippen LogP contribution in [0.3, 0.4) is 0 Å². The molecule has 0 aliphatic rings. The lowest BCUT2D eigenvalue weighted by molar-refractivity contribution is -0.140. The van der Waals surface area contributed by atoms with Crippen molar-refractivity contribution in [2.75, 3.05) is 0 Å². The Morgan fingerprint density at radius 2 is 2.05 bits per heavy atom. The SMILES string of the molecule is Cc1cccc(CS(=O)(=O)NCc2ncc(C(F)(F)F)[nH]2)c1. The summed E-state index contributed by atoms with van der Waals surface area (Å²) >= 11 is 0. The fraction of sp³-hybridized carbons (Fsp3) is 0.308. The molecule has 2 rings (SSSR count). The first-order chi connectivity index (χ1) is 10.2. The maximum absolute atomic E-state index is 12.4. The average molecular weight is 333 g/mol. The third-order valence-electron chi connectivity index (χ3n) is 2.83. The van der Waals surface area contributed by atoms with Crippen LogP contribution in [0.5, 0.6) is 0 Å². The molecule has 2 aromatic rings. The van der Waals surface area contributed by atoms with Gasteiger partial charge >= 0.3 is 6.18 Å². The molecule has 2 N–H and O–H groups in total. The van der Waals surface area contributed by atoms with Gasteiger partial charge in [-0.25, -0.2) is 18.1 Å². The van der Waals surface area contributed by atoms with E-state index < -0.39 is 21.9 Å². The Morgan fingerprint density at radius 3 is 2.64 bits per heavy atom. The number of H-pyrrole nitrogens is 1. The normalized spacial score (nSPS) is 12.5. The standard InChI is InChI=1S/C13H14F3N3O2S/c1-9-3-2-4-10(5-9)8-22(20,21)18-7-12-17-6-11(19-12)13(14,15)16/h2-6,18H,7-8H2,1H3,(H,17,19). The van der Waals surface area contributed by atoms with E-state index in [0.717, 1.165) is 5.56 Å². The Kier molecular flexibility index (Phi) is 4.57. The molecule has 120 valence electrons. The van der Waals surface area contributed by atoms with Gasteiger partial charge in [0.25, 0.3) is 0 Å². The van der Waals surface area contributed by atoms with E-state index in [1.165, 1.54) is 0 Å². The Balaban J connectivity index is 1.99. The molecule has 0 saturated heterocycles. The van der Waals surface area contributed by atoms with E-state index in [-0.39, 0.29) is 18.1 Å². The van der Waals surface area contributed by atoms with Crippen molar-refractivity contribution in [1.29, 1.82) is 0 Å². The zero-order valence-electron chi connectivity index (χ0n) is 11.6. The minimum Gasteiger partial charge on any atom is -0.337 e. The van der Waals surface area contributed by atoms with E-state index in [1.807, 2.05) is 18.0 Å². The van der Waals surface area contributed by atoms with Gasteiger partial charge in [0.15, 0.2) is 0 Å². The molecule has 5 nitrogen and oxygen atoms in total. The highest BCUT2D eigenvalue weighted by Crippen LogP contribution is 2.27. The van der Waals surface area contributed by atoms with E-state index in [4.69, 9.17) is 0 Å². The molecule has 0 aliphatic carbocycles. The zero-order chi connectivity index (χ0) is 16.4. The van der Waals surface area contributed by atoms with Crippen molar-refractivity contribution in [3.63, 3.8) is 0 Å². The quantitative estimate of drug-likeness (QED) is 0.882. The van der Waals surface area contributed by atoms with Gasteiger partial charge in [0.2, 0.25) is 10.0 Å². The van der Waals surface area contributed by atoms with Crippen LogP contribution in [0.25, 0.3) is 0 Å². The number of hydrogen-bond donors (Lipinski definition) is 2. The van der Waals surface area contributed by atoms with Crippen molar-refractivity contribution in [2.24, 2.45) is 0 Å². The summed E-state index contributed by atoms with van der Waals surface area (Å²) in [5, 5.41) is 0. The number of nitrogens with zero attached hydrogens (tertiary/aromatic N) is 1. The van der Waals surface area contributed by atoms with E-state index in [0.29, 0.717) is 11.8 Å². The number of aromatic nitrogens is 2. The van der Waals surface area contributed by atoms with Crippen molar-refractivity contribution in [1.82, 2.24) is 14.7 Å². The Bertz CT molecular complexity index is 754. The molecular weight excluding hydrogens is 319 g/mol. The molecule has 0 unspecified atom stereocenters. The van der Waals surface area contributed by atoms with Gasteiger partial charge in [0, 0.05) is 0 Å². The third kappa shape index (κ3) is 4.57. The summed E-state index contributed by atoms with van der Waals surface area (Å²) in [4.78, 5) is 5.54. The summed E-state index contributed by atoms with van der Waals surface area (Å²) in [5.41, 5.74) is 0.511. The van der Waals surface area contributed by atoms with E-state index in [1.54, 1.807) is 18.2 Å². The van der Waals surface area contributed by atoms with Crippen molar-refractivity contribution >= 4 is 10.0 Å². The number of imidazole rings is 1. The monoisotopic (exact) mass is 333 g/mol. The molecule has 9 heteroatoms. The van der Waals surface area contributed by atoms with Crippen molar-refractivity contribution in [2.45, 2.75) is 25.4 Å². The van der Waals surface area contributed by atoms with Crippen molar-refractivity contribution in [3.8, 4) is 0 Å². The predicted molar refractivity (Wildman–Crippen MR) is 74.2 cm³/mol. The Labute approximate surface area is 125 Å². The van der Waals surface area contributed by atoms with Crippen LogP contribution in [0.2, 0.25) is 0 Å². The van der Waals surface area contributed by atoms with Gasteiger partial charge in [0.05, 0.1) is 18.5 Å². The Morgan fingerprint density at radius 1 is 1.32 bits per heavy atom. The van der Waals surface area contributed by atoms with Crippen molar-refractivity contribution in [3.05, 3.63) is 53.1 Å². The molecule has 0 bridgehead atoms. The van der Waals surface area contributed by atoms with Gasteiger partial charge in [-0.3, -0.25) is 0 Å². The molecule has 0 saturated carbocycles. The molecule has 0 atom stereocenters. The second-order valence-electron chi connectivity index (χ2n) is 4.81. The van der Waals surface area contributed by atoms with Gasteiger partial charge in [0.1, 0.15) is 11.5 Å². The van der Waals surface area contributed by atoms with E-state index in [2.05, 4.69) is 9.71 Å². The topological polar surface area (TPSA) is 74.8 Å². The van der Waals surface area contributed by atoms with Gasteiger partial charge in [-0.1, -0.05) is 29.8 Å². The first-order valence-electron chi connectivity index (χ1n) is 6.30.